The summed E-state index contributed by atoms with van der Waals surface area (Å²) >= 11 is 0. The minimum atomic E-state index is -0.446. The predicted molar refractivity (Wildman–Crippen MR) is 58.7 cm³/mol. The van der Waals surface area contributed by atoms with Crippen LogP contribution in [-0.4, -0.2) is 56.2 Å². The van der Waals surface area contributed by atoms with Crippen LogP contribution in [-0.2, 0) is 19.1 Å². The van der Waals surface area contributed by atoms with Crippen LogP contribution < -0.4 is 5.73 Å². The Balaban J connectivity index is 4.08. The Morgan fingerprint density at radius 3 is 2.38 bits per heavy atom. The second kappa shape index (κ2) is 8.06. The van der Waals surface area contributed by atoms with Crippen molar-refractivity contribution in [3.8, 4) is 0 Å². The molecule has 1 atom stereocenters. The van der Waals surface area contributed by atoms with Crippen molar-refractivity contribution < 1.29 is 19.1 Å². The van der Waals surface area contributed by atoms with Crippen LogP contribution in [0.5, 0.6) is 0 Å². The van der Waals surface area contributed by atoms with Crippen molar-refractivity contribution in [3.63, 3.8) is 0 Å². The summed E-state index contributed by atoms with van der Waals surface area (Å²) in [6, 6.07) is 0. The lowest BCUT2D eigenvalue weighted by atomic mass is 10.3. The molecule has 0 aromatic heterocycles. The highest BCUT2D eigenvalue weighted by atomic mass is 16.6. The van der Waals surface area contributed by atoms with Gasteiger partial charge in [-0.15, -0.1) is 0 Å². The molecule has 0 rings (SSSR count). The van der Waals surface area contributed by atoms with Gasteiger partial charge in [0.15, 0.2) is 0 Å². The topological polar surface area (TPSA) is 81.9 Å². The maximum Gasteiger partial charge on any atom is 0.303 e. The normalized spacial score (nSPS) is 12.3. The van der Waals surface area contributed by atoms with Crippen molar-refractivity contribution in [3.05, 3.63) is 0 Å². The number of rotatable bonds is 7. The molecule has 94 valence electrons. The second-order valence-corrected chi connectivity index (χ2v) is 3.58. The maximum atomic E-state index is 10.8. The number of carbonyl (C=O) groups is 2. The standard InChI is InChI=1S/C10H20N2O4/c1-8(13)15-7-10(16-9(2)14)6-12(3)5-4-11/h10H,4-7,11H2,1-3H3. The SMILES string of the molecule is CC(=O)OCC(CN(C)CCN)OC(C)=O. The van der Waals surface area contributed by atoms with Crippen LogP contribution in [0, 0.1) is 0 Å². The molecular formula is C10H20N2O4. The molecule has 1 unspecified atom stereocenters. The molecule has 0 radical (unpaired) electrons. The molecule has 0 bridgehead atoms. The van der Waals surface area contributed by atoms with E-state index in [-0.39, 0.29) is 6.61 Å². The third-order valence-electron chi connectivity index (χ3n) is 1.83. The summed E-state index contributed by atoms with van der Waals surface area (Å²) in [5.41, 5.74) is 5.39. The van der Waals surface area contributed by atoms with Gasteiger partial charge in [-0.3, -0.25) is 9.59 Å². The van der Waals surface area contributed by atoms with Crippen LogP contribution in [0.25, 0.3) is 0 Å². The van der Waals surface area contributed by atoms with Crippen LogP contribution in [0.15, 0.2) is 0 Å². The predicted octanol–water partition coefficient (Wildman–Crippen LogP) is -0.628. The summed E-state index contributed by atoms with van der Waals surface area (Å²) in [6.45, 7) is 4.42. The lowest BCUT2D eigenvalue weighted by molar-refractivity contribution is -0.157. The van der Waals surface area contributed by atoms with Crippen LogP contribution in [0.3, 0.4) is 0 Å². The Kier molecular flexibility index (Phi) is 7.49. The van der Waals surface area contributed by atoms with E-state index >= 15 is 0 Å². The van der Waals surface area contributed by atoms with Crippen molar-refractivity contribution in [1.29, 1.82) is 0 Å². The summed E-state index contributed by atoms with van der Waals surface area (Å²) in [7, 11) is 1.86. The maximum absolute atomic E-state index is 10.8. The fraction of sp³-hybridized carbons (Fsp3) is 0.800. The summed E-state index contributed by atoms with van der Waals surface area (Å²) in [5, 5.41) is 0. The van der Waals surface area contributed by atoms with E-state index in [1.54, 1.807) is 0 Å². The first kappa shape index (κ1) is 14.9. The zero-order chi connectivity index (χ0) is 12.6. The fourth-order valence-electron chi connectivity index (χ4n) is 1.23. The molecule has 16 heavy (non-hydrogen) atoms. The van der Waals surface area contributed by atoms with Crippen molar-refractivity contribution in [2.45, 2.75) is 20.0 Å². The number of carbonyl (C=O) groups excluding carboxylic acids is 2. The first-order valence-corrected chi connectivity index (χ1v) is 5.15. The van der Waals surface area contributed by atoms with Crippen molar-refractivity contribution in [2.24, 2.45) is 5.73 Å². The van der Waals surface area contributed by atoms with E-state index in [2.05, 4.69) is 0 Å². The summed E-state index contributed by atoms with van der Waals surface area (Å²) in [6.07, 6.45) is -0.446. The van der Waals surface area contributed by atoms with Gasteiger partial charge in [0.1, 0.15) is 12.7 Å². The third-order valence-corrected chi connectivity index (χ3v) is 1.83. The van der Waals surface area contributed by atoms with Gasteiger partial charge in [-0.25, -0.2) is 0 Å². The largest absolute Gasteiger partial charge is 0.462 e. The molecule has 0 fully saturated rings. The number of esters is 2. The third kappa shape index (κ3) is 8.19. The number of ether oxygens (including phenoxy) is 2. The molecule has 2 N–H and O–H groups in total. The Morgan fingerprint density at radius 2 is 1.94 bits per heavy atom. The van der Waals surface area contributed by atoms with E-state index in [0.717, 1.165) is 0 Å². The minimum Gasteiger partial charge on any atom is -0.462 e. The molecule has 6 nitrogen and oxygen atoms in total. The van der Waals surface area contributed by atoms with E-state index in [1.165, 1.54) is 13.8 Å². The van der Waals surface area contributed by atoms with Crippen molar-refractivity contribution >= 4 is 11.9 Å². The second-order valence-electron chi connectivity index (χ2n) is 3.58. The van der Waals surface area contributed by atoms with E-state index in [0.29, 0.717) is 19.6 Å². The zero-order valence-electron chi connectivity index (χ0n) is 10.1. The number of nitrogens with two attached hydrogens (primary N) is 1. The lowest BCUT2D eigenvalue weighted by Gasteiger charge is -2.22. The Morgan fingerprint density at radius 1 is 1.31 bits per heavy atom. The van der Waals surface area contributed by atoms with Gasteiger partial charge in [-0.1, -0.05) is 0 Å². The van der Waals surface area contributed by atoms with Crippen LogP contribution in [0.4, 0.5) is 0 Å². The van der Waals surface area contributed by atoms with Crippen molar-refractivity contribution in [1.82, 2.24) is 4.90 Å². The molecule has 0 saturated heterocycles. The fourth-order valence-corrected chi connectivity index (χ4v) is 1.23. The average Bonchev–Trinajstić information content (AvgIpc) is 2.13. The Bertz CT molecular complexity index is 233. The summed E-state index contributed by atoms with van der Waals surface area (Å²) in [4.78, 5) is 23.4. The Labute approximate surface area is 95.7 Å². The van der Waals surface area contributed by atoms with Crippen LogP contribution in [0.2, 0.25) is 0 Å². The highest BCUT2D eigenvalue weighted by Gasteiger charge is 2.15. The average molecular weight is 232 g/mol. The molecule has 0 aromatic rings. The number of hydrogen-bond acceptors (Lipinski definition) is 6. The Hall–Kier alpha value is -1.14. The number of likely N-dealkylation sites (N-methyl/N-ethyl adjacent to an activating group) is 1. The van der Waals surface area contributed by atoms with Gasteiger partial charge in [0.05, 0.1) is 0 Å². The molecule has 0 saturated carbocycles. The molecular weight excluding hydrogens is 212 g/mol. The van der Waals surface area contributed by atoms with Gasteiger partial charge in [0.2, 0.25) is 0 Å². The molecule has 0 spiro atoms. The van der Waals surface area contributed by atoms with E-state index in [4.69, 9.17) is 15.2 Å². The first-order chi connectivity index (χ1) is 7.45. The summed E-state index contributed by atoms with van der Waals surface area (Å²) < 4.78 is 9.83. The summed E-state index contributed by atoms with van der Waals surface area (Å²) in [5.74, 6) is -0.781. The zero-order valence-corrected chi connectivity index (χ0v) is 10.1. The van der Waals surface area contributed by atoms with Gasteiger partial charge in [-0.05, 0) is 7.05 Å². The van der Waals surface area contributed by atoms with E-state index < -0.39 is 18.0 Å². The van der Waals surface area contributed by atoms with Gasteiger partial charge >= 0.3 is 11.9 Å². The van der Waals surface area contributed by atoms with Crippen LogP contribution in [0.1, 0.15) is 13.8 Å². The minimum absolute atomic E-state index is 0.0732. The first-order valence-electron chi connectivity index (χ1n) is 5.15. The van der Waals surface area contributed by atoms with E-state index in [9.17, 15) is 9.59 Å². The van der Waals surface area contributed by atoms with Gasteiger partial charge < -0.3 is 20.1 Å². The van der Waals surface area contributed by atoms with Gasteiger partial charge in [0, 0.05) is 33.5 Å². The lowest BCUT2D eigenvalue weighted by Crippen LogP contribution is -2.38. The monoisotopic (exact) mass is 232 g/mol. The van der Waals surface area contributed by atoms with Gasteiger partial charge in [0.25, 0.3) is 0 Å². The molecule has 6 heteroatoms. The number of nitrogens with zero attached hydrogens (tertiary/aromatic N) is 1. The van der Waals surface area contributed by atoms with Gasteiger partial charge in [-0.2, -0.15) is 0 Å². The quantitative estimate of drug-likeness (QED) is 0.589. The molecule has 0 aromatic carbocycles. The molecule has 0 amide bonds. The highest BCUT2D eigenvalue weighted by molar-refractivity contribution is 5.67. The van der Waals surface area contributed by atoms with Crippen LogP contribution >= 0.6 is 0 Å². The van der Waals surface area contributed by atoms with E-state index in [1.807, 2.05) is 11.9 Å². The highest BCUT2D eigenvalue weighted by Crippen LogP contribution is 1.98. The molecule has 0 aliphatic rings. The number of hydrogen-bond donors (Lipinski definition) is 1. The smallest absolute Gasteiger partial charge is 0.303 e. The van der Waals surface area contributed by atoms with Crippen molar-refractivity contribution in [2.75, 3.05) is 33.3 Å². The molecule has 0 heterocycles. The molecule has 0 aliphatic heterocycles. The molecule has 0 aliphatic carbocycles.